The minimum Gasteiger partial charge on any atom is -0.504 e. The zero-order chi connectivity index (χ0) is 18.6. The van der Waals surface area contributed by atoms with Gasteiger partial charge in [-0.15, -0.1) is 11.8 Å². The molecule has 0 saturated carbocycles. The number of hydrogen-bond donors (Lipinski definition) is 2. The molecule has 140 valence electrons. The Bertz CT molecular complexity index is 734. The Labute approximate surface area is 161 Å². The summed E-state index contributed by atoms with van der Waals surface area (Å²) in [4.78, 5) is 1.19. The first kappa shape index (κ1) is 19.1. The molecule has 4 heteroatoms. The third-order valence-electron chi connectivity index (χ3n) is 5.40. The number of phenols is 1. The van der Waals surface area contributed by atoms with Crippen molar-refractivity contribution in [2.45, 2.75) is 56.0 Å². The first-order chi connectivity index (χ1) is 12.6. The average molecular weight is 372 g/mol. The van der Waals surface area contributed by atoms with Gasteiger partial charge in [0.1, 0.15) is 0 Å². The van der Waals surface area contributed by atoms with Crippen LogP contribution in [0.1, 0.15) is 56.7 Å². The van der Waals surface area contributed by atoms with Gasteiger partial charge in [-0.2, -0.15) is 0 Å². The van der Waals surface area contributed by atoms with Crippen molar-refractivity contribution in [1.82, 2.24) is 5.32 Å². The maximum absolute atomic E-state index is 10.4. The number of phenolic OH excluding ortho intramolecular Hbond substituents is 1. The number of benzene rings is 2. The lowest BCUT2D eigenvalue weighted by atomic mass is 9.88. The van der Waals surface area contributed by atoms with Crippen molar-refractivity contribution in [1.29, 1.82) is 0 Å². The van der Waals surface area contributed by atoms with Gasteiger partial charge in [0.25, 0.3) is 0 Å². The number of aromatic hydroxyl groups is 1. The lowest BCUT2D eigenvalue weighted by Crippen LogP contribution is -2.48. The molecule has 2 aromatic carbocycles. The van der Waals surface area contributed by atoms with Gasteiger partial charge in [-0.05, 0) is 36.1 Å². The number of thioether (sulfide) groups is 1. The molecule has 2 aromatic rings. The highest BCUT2D eigenvalue weighted by Gasteiger charge is 2.36. The van der Waals surface area contributed by atoms with Crippen molar-refractivity contribution in [3.63, 3.8) is 0 Å². The van der Waals surface area contributed by atoms with E-state index in [1.165, 1.54) is 23.3 Å². The zero-order valence-corrected chi connectivity index (χ0v) is 16.7. The van der Waals surface area contributed by atoms with Gasteiger partial charge in [0.2, 0.25) is 0 Å². The van der Waals surface area contributed by atoms with E-state index >= 15 is 0 Å². The van der Waals surface area contributed by atoms with E-state index < -0.39 is 0 Å². The van der Waals surface area contributed by atoms with Crippen LogP contribution in [-0.4, -0.2) is 23.5 Å². The second kappa shape index (κ2) is 8.36. The molecule has 0 bridgehead atoms. The predicted molar refractivity (Wildman–Crippen MR) is 109 cm³/mol. The number of nitrogens with one attached hydrogen (secondary N) is 1. The molecule has 0 spiro atoms. The highest BCUT2D eigenvalue weighted by molar-refractivity contribution is 7.99. The van der Waals surface area contributed by atoms with Crippen molar-refractivity contribution < 1.29 is 9.84 Å². The van der Waals surface area contributed by atoms with Gasteiger partial charge in [-0.3, -0.25) is 5.32 Å². The van der Waals surface area contributed by atoms with Crippen molar-refractivity contribution >= 4 is 11.8 Å². The first-order valence-electron chi connectivity index (χ1n) is 9.49. The molecule has 1 heterocycles. The van der Waals surface area contributed by atoms with Crippen LogP contribution < -0.4 is 10.1 Å². The summed E-state index contributed by atoms with van der Waals surface area (Å²) in [6, 6.07) is 14.5. The Balaban J connectivity index is 2.09. The summed E-state index contributed by atoms with van der Waals surface area (Å²) in [7, 11) is 1.60. The van der Waals surface area contributed by atoms with E-state index in [4.69, 9.17) is 4.74 Å². The number of methoxy groups -OCH3 is 1. The van der Waals surface area contributed by atoms with E-state index in [0.717, 1.165) is 24.2 Å². The monoisotopic (exact) mass is 371 g/mol. The van der Waals surface area contributed by atoms with Crippen LogP contribution in [0.25, 0.3) is 0 Å². The van der Waals surface area contributed by atoms with Gasteiger partial charge in [-0.25, -0.2) is 0 Å². The number of fused-ring (bicyclic) bond motifs is 1. The van der Waals surface area contributed by atoms with Crippen LogP contribution in [0.15, 0.2) is 47.4 Å². The molecule has 2 unspecified atom stereocenters. The molecule has 1 aliphatic rings. The fourth-order valence-electron chi connectivity index (χ4n) is 3.67. The standard InChI is InChI=1S/C22H29NO2S/c1-4-6-12-22(5-2)15-26-20-14-19(25-3)18(24)13-17(20)21(23-22)16-10-8-7-9-11-16/h7-11,13-14,21,23-24H,4-6,12,15H2,1-3H3. The fraction of sp³-hybridized carbons (Fsp3) is 0.455. The Morgan fingerprint density at radius 3 is 2.65 bits per heavy atom. The summed E-state index contributed by atoms with van der Waals surface area (Å²) >= 11 is 1.87. The summed E-state index contributed by atoms with van der Waals surface area (Å²) in [5.41, 5.74) is 2.45. The summed E-state index contributed by atoms with van der Waals surface area (Å²) in [6.45, 7) is 4.53. The molecule has 0 radical (unpaired) electrons. The molecule has 3 rings (SSSR count). The molecule has 0 fully saturated rings. The van der Waals surface area contributed by atoms with Crippen molar-refractivity contribution in [3.05, 3.63) is 53.6 Å². The van der Waals surface area contributed by atoms with Crippen LogP contribution in [0.2, 0.25) is 0 Å². The van der Waals surface area contributed by atoms with Gasteiger partial charge in [-0.1, -0.05) is 57.0 Å². The lowest BCUT2D eigenvalue weighted by molar-refractivity contribution is 0.297. The van der Waals surface area contributed by atoms with Gasteiger partial charge < -0.3 is 9.84 Å². The minimum atomic E-state index is 0.0646. The summed E-state index contributed by atoms with van der Waals surface area (Å²) in [5, 5.41) is 14.4. The van der Waals surface area contributed by atoms with Gasteiger partial charge in [0, 0.05) is 16.2 Å². The highest BCUT2D eigenvalue weighted by Crippen LogP contribution is 2.44. The quantitative estimate of drug-likeness (QED) is 0.701. The van der Waals surface area contributed by atoms with Gasteiger partial charge in [0.05, 0.1) is 13.2 Å². The number of unbranched alkanes of at least 4 members (excludes halogenated alkanes) is 1. The van der Waals surface area contributed by atoms with Crippen LogP contribution in [-0.2, 0) is 0 Å². The van der Waals surface area contributed by atoms with E-state index in [0.29, 0.717) is 5.75 Å². The normalized spacial score (nSPS) is 22.5. The molecule has 0 amide bonds. The van der Waals surface area contributed by atoms with Crippen LogP contribution in [0, 0.1) is 0 Å². The second-order valence-electron chi connectivity index (χ2n) is 7.08. The summed E-state index contributed by atoms with van der Waals surface area (Å²) in [5.74, 6) is 1.76. The molecule has 2 N–H and O–H groups in total. The minimum absolute atomic E-state index is 0.0646. The van der Waals surface area contributed by atoms with E-state index in [1.807, 2.05) is 30.0 Å². The maximum atomic E-state index is 10.4. The first-order valence-corrected chi connectivity index (χ1v) is 10.5. The van der Waals surface area contributed by atoms with Crippen LogP contribution in [0.3, 0.4) is 0 Å². The zero-order valence-electron chi connectivity index (χ0n) is 15.9. The topological polar surface area (TPSA) is 41.5 Å². The summed E-state index contributed by atoms with van der Waals surface area (Å²) < 4.78 is 5.35. The maximum Gasteiger partial charge on any atom is 0.161 e. The Morgan fingerprint density at radius 1 is 1.23 bits per heavy atom. The predicted octanol–water partition coefficient (Wildman–Crippen LogP) is 5.52. The largest absolute Gasteiger partial charge is 0.504 e. The number of hydrogen-bond acceptors (Lipinski definition) is 4. The molecular formula is C22H29NO2S. The lowest BCUT2D eigenvalue weighted by Gasteiger charge is -2.36. The molecule has 0 aromatic heterocycles. The number of rotatable bonds is 6. The van der Waals surface area contributed by atoms with E-state index in [-0.39, 0.29) is 17.3 Å². The SMILES string of the molecule is CCCCC1(CC)CSc2cc(OC)c(O)cc2C(c2ccccc2)N1. The number of ether oxygens (including phenoxy) is 1. The third kappa shape index (κ3) is 3.86. The molecule has 26 heavy (non-hydrogen) atoms. The molecule has 2 atom stereocenters. The molecular weight excluding hydrogens is 342 g/mol. The van der Waals surface area contributed by atoms with Crippen LogP contribution in [0.5, 0.6) is 11.5 Å². The Hall–Kier alpha value is -1.65. The van der Waals surface area contributed by atoms with Crippen LogP contribution in [0.4, 0.5) is 0 Å². The average Bonchev–Trinajstić information content (AvgIpc) is 2.84. The van der Waals surface area contributed by atoms with E-state index in [1.54, 1.807) is 7.11 Å². The smallest absolute Gasteiger partial charge is 0.161 e. The molecule has 0 aliphatic carbocycles. The second-order valence-corrected chi connectivity index (χ2v) is 8.09. The van der Waals surface area contributed by atoms with Gasteiger partial charge >= 0.3 is 0 Å². The van der Waals surface area contributed by atoms with Gasteiger partial charge in [0.15, 0.2) is 11.5 Å². The fourth-order valence-corrected chi connectivity index (χ4v) is 5.07. The Kier molecular flexibility index (Phi) is 6.15. The molecule has 0 saturated heterocycles. The molecule has 1 aliphatic heterocycles. The van der Waals surface area contributed by atoms with Crippen molar-refractivity contribution in [3.8, 4) is 11.5 Å². The Morgan fingerprint density at radius 2 is 2.00 bits per heavy atom. The third-order valence-corrected chi connectivity index (χ3v) is 6.76. The van der Waals surface area contributed by atoms with Crippen molar-refractivity contribution in [2.75, 3.05) is 12.9 Å². The highest BCUT2D eigenvalue weighted by atomic mass is 32.2. The van der Waals surface area contributed by atoms with E-state index in [2.05, 4.69) is 43.4 Å². The van der Waals surface area contributed by atoms with Crippen LogP contribution >= 0.6 is 11.8 Å². The van der Waals surface area contributed by atoms with Crippen molar-refractivity contribution in [2.24, 2.45) is 0 Å². The summed E-state index contributed by atoms with van der Waals surface area (Å²) in [6.07, 6.45) is 4.66. The van der Waals surface area contributed by atoms with E-state index in [9.17, 15) is 5.11 Å². The molecule has 3 nitrogen and oxygen atoms in total.